The molecule has 0 aliphatic rings. The summed E-state index contributed by atoms with van der Waals surface area (Å²) in [4.78, 5) is 10.6. The van der Waals surface area contributed by atoms with Crippen molar-refractivity contribution in [3.63, 3.8) is 0 Å². The number of hydrogen-bond acceptors (Lipinski definition) is 5. The van der Waals surface area contributed by atoms with Crippen LogP contribution in [0.3, 0.4) is 0 Å². The molecule has 2 rings (SSSR count). The maximum Gasteiger partial charge on any atom is 0.270 e. The lowest BCUT2D eigenvalue weighted by Crippen LogP contribution is -2.27. The third-order valence-corrected chi connectivity index (χ3v) is 4.79. The molecule has 0 amide bonds. The van der Waals surface area contributed by atoms with Gasteiger partial charge in [0.05, 0.1) is 12.0 Å². The van der Waals surface area contributed by atoms with E-state index in [1.807, 2.05) is 20.8 Å². The number of ether oxygens (including phenoxy) is 1. The summed E-state index contributed by atoms with van der Waals surface area (Å²) in [7, 11) is 1.57. The lowest BCUT2D eigenvalue weighted by Gasteiger charge is -2.19. The van der Waals surface area contributed by atoms with E-state index in [1.54, 1.807) is 43.5 Å². The maximum atomic E-state index is 12.5. The maximum absolute atomic E-state index is 12.5. The van der Waals surface area contributed by atoms with Gasteiger partial charge in [-0.3, -0.25) is 10.1 Å². The van der Waals surface area contributed by atoms with Gasteiger partial charge >= 0.3 is 0 Å². The summed E-state index contributed by atoms with van der Waals surface area (Å²) >= 11 is -1.51. The van der Waals surface area contributed by atoms with Crippen molar-refractivity contribution in [3.05, 3.63) is 69.8 Å². The zero-order valence-corrected chi connectivity index (χ0v) is 15.4. The molecule has 7 heteroatoms. The molecule has 0 spiro atoms. The number of methoxy groups -OCH3 is 1. The predicted octanol–water partition coefficient (Wildman–Crippen LogP) is 3.90. The van der Waals surface area contributed by atoms with Gasteiger partial charge in [0.1, 0.15) is 27.6 Å². The van der Waals surface area contributed by atoms with Crippen molar-refractivity contribution < 1.29 is 14.2 Å². The van der Waals surface area contributed by atoms with Gasteiger partial charge in [-0.1, -0.05) is 16.5 Å². The molecule has 6 nitrogen and oxygen atoms in total. The van der Waals surface area contributed by atoms with E-state index in [2.05, 4.69) is 4.40 Å². The van der Waals surface area contributed by atoms with Crippen LogP contribution in [0.5, 0.6) is 5.75 Å². The number of benzene rings is 2. The molecular formula is C18H20N2O4S. The molecule has 0 saturated carbocycles. The molecule has 0 saturated heterocycles. The number of rotatable bonds is 5. The van der Waals surface area contributed by atoms with E-state index < -0.39 is 21.0 Å². The second kappa shape index (κ2) is 7.67. The summed E-state index contributed by atoms with van der Waals surface area (Å²) in [5.74, 6) is 0.680. The molecule has 0 radical (unpaired) electrons. The van der Waals surface area contributed by atoms with E-state index in [9.17, 15) is 14.7 Å². The predicted molar refractivity (Wildman–Crippen MR) is 99.6 cm³/mol. The first-order chi connectivity index (χ1) is 11.7. The summed E-state index contributed by atoms with van der Waals surface area (Å²) in [6.07, 6.45) is 0. The topological polar surface area (TPSA) is 87.8 Å². The molecule has 0 aliphatic carbocycles. The van der Waals surface area contributed by atoms with Crippen LogP contribution in [-0.2, 0) is 11.4 Å². The van der Waals surface area contributed by atoms with Crippen molar-refractivity contribution in [2.24, 2.45) is 4.40 Å². The quantitative estimate of drug-likeness (QED) is 0.350. The fourth-order valence-corrected chi connectivity index (χ4v) is 2.66. The molecule has 0 fully saturated rings. The van der Waals surface area contributed by atoms with Gasteiger partial charge < -0.3 is 9.29 Å². The zero-order chi connectivity index (χ0) is 18.6. The molecule has 2 aromatic rings. The minimum absolute atomic E-state index is 0.0414. The molecule has 0 heterocycles. The Morgan fingerprint density at radius 2 is 1.76 bits per heavy atom. The second-order valence-electron chi connectivity index (χ2n) is 6.34. The second-order valence-corrected chi connectivity index (χ2v) is 8.24. The number of nitro groups is 1. The smallest absolute Gasteiger partial charge is 0.270 e. The molecule has 25 heavy (non-hydrogen) atoms. The van der Waals surface area contributed by atoms with Crippen molar-refractivity contribution in [2.45, 2.75) is 25.5 Å². The van der Waals surface area contributed by atoms with Crippen molar-refractivity contribution in [2.75, 3.05) is 7.11 Å². The van der Waals surface area contributed by atoms with E-state index in [1.165, 1.54) is 12.1 Å². The summed E-state index contributed by atoms with van der Waals surface area (Å²) < 4.78 is 21.5. The van der Waals surface area contributed by atoms with Gasteiger partial charge in [0.25, 0.3) is 5.69 Å². The highest BCUT2D eigenvalue weighted by atomic mass is 32.2. The highest BCUT2D eigenvalue weighted by Gasteiger charge is 2.28. The van der Waals surface area contributed by atoms with E-state index in [0.29, 0.717) is 22.6 Å². The van der Waals surface area contributed by atoms with Gasteiger partial charge in [-0.2, -0.15) is 0 Å². The summed E-state index contributed by atoms with van der Waals surface area (Å²) in [6.45, 7) is 5.48. The van der Waals surface area contributed by atoms with Gasteiger partial charge in [-0.25, -0.2) is 0 Å². The van der Waals surface area contributed by atoms with E-state index in [-0.39, 0.29) is 5.69 Å². The van der Waals surface area contributed by atoms with Gasteiger partial charge in [0.15, 0.2) is 0 Å². The summed E-state index contributed by atoms with van der Waals surface area (Å²) in [5.41, 5.74) is 1.65. The Morgan fingerprint density at radius 1 is 1.12 bits per heavy atom. The fraction of sp³-hybridized carbons (Fsp3) is 0.278. The van der Waals surface area contributed by atoms with Crippen molar-refractivity contribution in [3.8, 4) is 5.75 Å². The van der Waals surface area contributed by atoms with Crippen LogP contribution in [0.25, 0.3) is 0 Å². The Hall–Kier alpha value is -2.38. The Labute approximate surface area is 150 Å². The molecule has 2 aromatic carbocycles. The highest BCUT2D eigenvalue weighted by molar-refractivity contribution is 7.91. The van der Waals surface area contributed by atoms with Gasteiger partial charge in [-0.05, 0) is 45.0 Å². The third kappa shape index (κ3) is 4.80. The lowest BCUT2D eigenvalue weighted by molar-refractivity contribution is -0.384. The molecule has 0 aliphatic heterocycles. The number of non-ortho nitro benzene ring substituents is 1. The van der Waals surface area contributed by atoms with E-state index >= 15 is 0 Å². The van der Waals surface area contributed by atoms with E-state index in [4.69, 9.17) is 4.74 Å². The standard InChI is InChI=1S/C18H20N2O4S/c1-18(2,3)25(23)19-17(13-8-10-16(24-4)11-9-13)14-6-5-7-15(12-14)20(21)22/h5-12H,1-4H3/b19-17+. The zero-order valence-electron chi connectivity index (χ0n) is 14.6. The fourth-order valence-electron chi connectivity index (χ4n) is 2.01. The monoisotopic (exact) mass is 360 g/mol. The Bertz CT molecular complexity index is 782. The van der Waals surface area contributed by atoms with Gasteiger partial charge in [0.2, 0.25) is 0 Å². The van der Waals surface area contributed by atoms with Crippen LogP contribution in [0.1, 0.15) is 31.9 Å². The molecule has 0 bridgehead atoms. The Kier molecular flexibility index (Phi) is 5.81. The lowest BCUT2D eigenvalue weighted by atomic mass is 10.0. The van der Waals surface area contributed by atoms with Crippen LogP contribution in [0.2, 0.25) is 0 Å². The van der Waals surface area contributed by atoms with Crippen LogP contribution in [-0.4, -0.2) is 27.0 Å². The SMILES string of the molecule is COc1ccc(/C(=N\[S+]([O-])C(C)(C)C)c2cccc([N+](=O)[O-])c2)cc1. The average molecular weight is 360 g/mol. The van der Waals surface area contributed by atoms with Crippen molar-refractivity contribution >= 4 is 22.8 Å². The van der Waals surface area contributed by atoms with Crippen molar-refractivity contribution in [1.29, 1.82) is 0 Å². The molecule has 0 N–H and O–H groups in total. The third-order valence-electron chi connectivity index (χ3n) is 3.39. The molecule has 132 valence electrons. The van der Waals surface area contributed by atoms with Crippen LogP contribution in [0.15, 0.2) is 52.9 Å². The van der Waals surface area contributed by atoms with Crippen LogP contribution < -0.4 is 4.74 Å². The first-order valence-electron chi connectivity index (χ1n) is 7.62. The highest BCUT2D eigenvalue weighted by Crippen LogP contribution is 2.23. The summed E-state index contributed by atoms with van der Waals surface area (Å²) in [6, 6.07) is 13.3. The van der Waals surface area contributed by atoms with E-state index in [0.717, 1.165) is 0 Å². The Morgan fingerprint density at radius 3 is 2.28 bits per heavy atom. The Balaban J connectivity index is 2.57. The van der Waals surface area contributed by atoms with Crippen LogP contribution in [0, 0.1) is 10.1 Å². The van der Waals surface area contributed by atoms with Crippen molar-refractivity contribution in [1.82, 2.24) is 0 Å². The van der Waals surface area contributed by atoms with Gasteiger partial charge in [0, 0.05) is 23.3 Å². The number of hydrogen-bond donors (Lipinski definition) is 0. The first kappa shape index (κ1) is 19.0. The molecular weight excluding hydrogens is 340 g/mol. The minimum Gasteiger partial charge on any atom is -0.591 e. The summed E-state index contributed by atoms with van der Waals surface area (Å²) in [5, 5.41) is 11.1. The molecule has 1 unspecified atom stereocenters. The first-order valence-corrected chi connectivity index (χ1v) is 8.73. The van der Waals surface area contributed by atoms with Crippen LogP contribution in [0.4, 0.5) is 5.69 Å². The molecule has 0 aromatic heterocycles. The largest absolute Gasteiger partial charge is 0.591 e. The van der Waals surface area contributed by atoms with Gasteiger partial charge in [-0.15, -0.1) is 0 Å². The molecule has 1 atom stereocenters. The average Bonchev–Trinajstić information content (AvgIpc) is 2.58. The number of nitrogens with zero attached hydrogens (tertiary/aromatic N) is 2. The number of nitro benzene ring substituents is 1. The normalized spacial score (nSPS) is 13.4. The van der Waals surface area contributed by atoms with Crippen LogP contribution >= 0.6 is 0 Å². The minimum atomic E-state index is -1.51.